The number of hydrogen-bond donors (Lipinski definition) is 2. The Morgan fingerprint density at radius 1 is 1.44 bits per heavy atom. The molecule has 1 aliphatic rings. The van der Waals surface area contributed by atoms with Gasteiger partial charge in [0.15, 0.2) is 0 Å². The van der Waals surface area contributed by atoms with Gasteiger partial charge < -0.3 is 5.11 Å². The summed E-state index contributed by atoms with van der Waals surface area (Å²) in [6.07, 6.45) is -0.164. The largest absolute Gasteiger partial charge is 0.511 e. The Bertz CT molecular complexity index is 385. The van der Waals surface area contributed by atoms with Crippen LogP contribution in [0.25, 0.3) is 0 Å². The predicted molar refractivity (Wildman–Crippen MR) is 50.4 cm³/mol. The zero-order valence-electron chi connectivity index (χ0n) is 7.74. The van der Waals surface area contributed by atoms with E-state index in [1.807, 2.05) is 0 Å². The van der Waals surface area contributed by atoms with Crippen LogP contribution in [0.3, 0.4) is 0 Å². The monoisotopic (exact) mass is 279 g/mol. The maximum absolute atomic E-state index is 12.1. The van der Waals surface area contributed by atoms with Crippen molar-refractivity contribution in [3.63, 3.8) is 0 Å². The predicted octanol–water partition coefficient (Wildman–Crippen LogP) is 0.386. The van der Waals surface area contributed by atoms with Crippen LogP contribution in [0, 0.1) is 0 Å². The molecule has 1 atom stereocenters. The molecule has 94 valence electrons. The molecule has 16 heavy (non-hydrogen) atoms. The summed E-state index contributed by atoms with van der Waals surface area (Å²) in [7, 11) is -5.63. The number of carboxylic acids is 1. The summed E-state index contributed by atoms with van der Waals surface area (Å²) in [6, 6.07) is 0. The third kappa shape index (κ3) is 2.43. The summed E-state index contributed by atoms with van der Waals surface area (Å²) in [4.78, 5) is 10.8. The second kappa shape index (κ2) is 4.08. The molecule has 1 rings (SSSR count). The average molecular weight is 279 g/mol. The Morgan fingerprint density at radius 3 is 2.31 bits per heavy atom. The van der Waals surface area contributed by atoms with Gasteiger partial charge >= 0.3 is 21.5 Å². The fourth-order valence-corrected chi connectivity index (χ4v) is 3.48. The molecule has 10 heteroatoms. The molecule has 0 bridgehead atoms. The number of thioether (sulfide) groups is 1. The highest BCUT2D eigenvalue weighted by Gasteiger charge is 2.53. The van der Waals surface area contributed by atoms with Gasteiger partial charge in [-0.3, -0.25) is 4.79 Å². The molecule has 1 heterocycles. The van der Waals surface area contributed by atoms with E-state index in [-0.39, 0.29) is 12.2 Å². The molecule has 0 amide bonds. The molecule has 0 aromatic heterocycles. The summed E-state index contributed by atoms with van der Waals surface area (Å²) in [5.41, 5.74) is -7.54. The van der Waals surface area contributed by atoms with Gasteiger partial charge in [0.2, 0.25) is 0 Å². The lowest BCUT2D eigenvalue weighted by Crippen LogP contribution is -2.57. The lowest BCUT2D eigenvalue weighted by atomic mass is 10.0. The maximum Gasteiger partial charge on any atom is 0.511 e. The Balaban J connectivity index is 2.99. The van der Waals surface area contributed by atoms with E-state index in [1.54, 1.807) is 0 Å². The summed E-state index contributed by atoms with van der Waals surface area (Å²) >= 11 is 1.09. The first kappa shape index (κ1) is 13.6. The van der Waals surface area contributed by atoms with Gasteiger partial charge in [-0.25, -0.2) is 8.42 Å². The molecule has 0 aromatic rings. The van der Waals surface area contributed by atoms with Crippen LogP contribution < -0.4 is 4.72 Å². The zero-order chi connectivity index (χ0) is 12.6. The van der Waals surface area contributed by atoms with Gasteiger partial charge in [0, 0.05) is 5.75 Å². The Morgan fingerprint density at radius 2 is 2.00 bits per heavy atom. The minimum atomic E-state index is -5.63. The number of sulfonamides is 1. The molecule has 0 spiro atoms. The number of rotatable bonds is 3. The van der Waals surface area contributed by atoms with Crippen LogP contribution >= 0.6 is 11.8 Å². The van der Waals surface area contributed by atoms with Crippen molar-refractivity contribution in [2.45, 2.75) is 17.5 Å². The number of nitrogens with one attached hydrogen (secondary N) is 1. The molecular formula is C6H8F3NO4S2. The molecule has 0 saturated carbocycles. The van der Waals surface area contributed by atoms with Gasteiger partial charge in [-0.15, -0.1) is 0 Å². The molecule has 1 saturated heterocycles. The summed E-state index contributed by atoms with van der Waals surface area (Å²) < 4.78 is 59.1. The highest BCUT2D eigenvalue weighted by atomic mass is 32.2. The molecular weight excluding hydrogens is 271 g/mol. The second-order valence-corrected chi connectivity index (χ2v) is 6.02. The topological polar surface area (TPSA) is 83.5 Å². The maximum atomic E-state index is 12.1. The first-order chi connectivity index (χ1) is 7.11. The van der Waals surface area contributed by atoms with Crippen molar-refractivity contribution >= 4 is 27.8 Å². The van der Waals surface area contributed by atoms with Crippen molar-refractivity contribution in [3.8, 4) is 0 Å². The van der Waals surface area contributed by atoms with Crippen molar-refractivity contribution in [2.24, 2.45) is 0 Å². The van der Waals surface area contributed by atoms with Gasteiger partial charge in [0.25, 0.3) is 0 Å². The Labute approximate surface area is 93.4 Å². The minimum Gasteiger partial charge on any atom is -0.480 e. The number of alkyl halides is 3. The molecule has 1 aliphatic heterocycles. The van der Waals surface area contributed by atoms with Crippen LogP contribution in [-0.2, 0) is 14.8 Å². The molecule has 1 fully saturated rings. The highest BCUT2D eigenvalue weighted by molar-refractivity contribution is 7.99. The number of halogens is 3. The fourth-order valence-electron chi connectivity index (χ4n) is 1.17. The van der Waals surface area contributed by atoms with Crippen LogP contribution in [0.1, 0.15) is 6.42 Å². The average Bonchev–Trinajstić information content (AvgIpc) is 2.50. The molecule has 2 N–H and O–H groups in total. The Hall–Kier alpha value is -0.480. The summed E-state index contributed by atoms with van der Waals surface area (Å²) in [6.45, 7) is 0. The van der Waals surface area contributed by atoms with E-state index in [1.165, 1.54) is 4.72 Å². The van der Waals surface area contributed by atoms with E-state index in [4.69, 9.17) is 5.11 Å². The number of carboxylic acid groups (broad SMARTS) is 1. The third-order valence-electron chi connectivity index (χ3n) is 2.07. The van der Waals surface area contributed by atoms with Crippen LogP contribution in [0.5, 0.6) is 0 Å². The van der Waals surface area contributed by atoms with Crippen molar-refractivity contribution in [1.82, 2.24) is 4.72 Å². The first-order valence-corrected chi connectivity index (χ1v) is 6.66. The smallest absolute Gasteiger partial charge is 0.480 e. The highest BCUT2D eigenvalue weighted by Crippen LogP contribution is 2.32. The van der Waals surface area contributed by atoms with Gasteiger partial charge in [-0.1, -0.05) is 0 Å². The van der Waals surface area contributed by atoms with Crippen LogP contribution in [0.15, 0.2) is 0 Å². The van der Waals surface area contributed by atoms with E-state index < -0.39 is 27.0 Å². The zero-order valence-corrected chi connectivity index (χ0v) is 9.38. The van der Waals surface area contributed by atoms with Crippen molar-refractivity contribution in [2.75, 3.05) is 11.5 Å². The fraction of sp³-hybridized carbons (Fsp3) is 0.833. The SMILES string of the molecule is O=C(O)C1(NS(=O)(=O)C(F)(F)F)CCSC1. The van der Waals surface area contributed by atoms with E-state index in [0.29, 0.717) is 5.75 Å². The van der Waals surface area contributed by atoms with Crippen molar-refractivity contribution < 1.29 is 31.5 Å². The summed E-state index contributed by atoms with van der Waals surface area (Å²) in [5, 5.41) is 8.79. The lowest BCUT2D eigenvalue weighted by molar-refractivity contribution is -0.143. The normalized spacial score (nSPS) is 26.9. The van der Waals surface area contributed by atoms with E-state index in [0.717, 1.165) is 11.8 Å². The number of aliphatic carboxylic acids is 1. The quantitative estimate of drug-likeness (QED) is 0.780. The minimum absolute atomic E-state index is 0.164. The molecule has 0 radical (unpaired) electrons. The lowest BCUT2D eigenvalue weighted by Gasteiger charge is -2.24. The van der Waals surface area contributed by atoms with E-state index in [9.17, 15) is 26.4 Å². The first-order valence-electron chi connectivity index (χ1n) is 4.02. The van der Waals surface area contributed by atoms with Crippen molar-refractivity contribution in [3.05, 3.63) is 0 Å². The van der Waals surface area contributed by atoms with Crippen LogP contribution in [0.4, 0.5) is 13.2 Å². The van der Waals surface area contributed by atoms with E-state index in [2.05, 4.69) is 0 Å². The number of carbonyl (C=O) groups is 1. The van der Waals surface area contributed by atoms with Gasteiger partial charge in [0.05, 0.1) is 0 Å². The molecule has 5 nitrogen and oxygen atoms in total. The summed E-state index contributed by atoms with van der Waals surface area (Å²) in [5.74, 6) is -1.50. The van der Waals surface area contributed by atoms with Crippen molar-refractivity contribution in [1.29, 1.82) is 0 Å². The van der Waals surface area contributed by atoms with Crippen LogP contribution in [0.2, 0.25) is 0 Å². The molecule has 1 unspecified atom stereocenters. The molecule has 0 aromatic carbocycles. The second-order valence-electron chi connectivity index (χ2n) is 3.24. The van der Waals surface area contributed by atoms with Gasteiger partial charge in [0.1, 0.15) is 5.54 Å². The third-order valence-corrected chi connectivity index (χ3v) is 4.52. The standard InChI is InChI=1S/C6H8F3NO4S2/c7-6(8,9)16(13,14)10-5(4(11)12)1-2-15-3-5/h10H,1-3H2,(H,11,12). The Kier molecular flexibility index (Phi) is 3.46. The number of hydrogen-bond acceptors (Lipinski definition) is 4. The van der Waals surface area contributed by atoms with E-state index >= 15 is 0 Å². The van der Waals surface area contributed by atoms with Gasteiger partial charge in [-0.2, -0.15) is 29.7 Å². The van der Waals surface area contributed by atoms with Crippen LogP contribution in [-0.4, -0.2) is 42.0 Å². The van der Waals surface area contributed by atoms with Gasteiger partial charge in [-0.05, 0) is 12.2 Å². The molecule has 0 aliphatic carbocycles.